The predicted octanol–water partition coefficient (Wildman–Crippen LogP) is 3.90. The van der Waals surface area contributed by atoms with Gasteiger partial charge < -0.3 is 9.84 Å². The summed E-state index contributed by atoms with van der Waals surface area (Å²) in [5.74, 6) is 0.871. The molecule has 1 aliphatic rings. The van der Waals surface area contributed by atoms with Gasteiger partial charge in [-0.15, -0.1) is 0 Å². The van der Waals surface area contributed by atoms with Crippen LogP contribution in [0.1, 0.15) is 24.0 Å². The average Bonchev–Trinajstić information content (AvgIpc) is 3.24. The number of benzene rings is 2. The fourth-order valence-corrected chi connectivity index (χ4v) is 4.28. The number of aromatic amines is 1. The number of piperidine rings is 1. The van der Waals surface area contributed by atoms with Crippen molar-refractivity contribution >= 4 is 0 Å². The van der Waals surface area contributed by atoms with Gasteiger partial charge in [-0.1, -0.05) is 42.5 Å². The van der Waals surface area contributed by atoms with Crippen molar-refractivity contribution in [1.29, 1.82) is 0 Å². The van der Waals surface area contributed by atoms with Gasteiger partial charge in [-0.3, -0.25) is 10.00 Å². The number of hydrogen-bond acceptors (Lipinski definition) is 4. The highest BCUT2D eigenvalue weighted by atomic mass is 16.5. The van der Waals surface area contributed by atoms with E-state index in [-0.39, 0.29) is 12.0 Å². The molecular formula is C24H29N3O2. The molecule has 2 N–H and O–H groups in total. The summed E-state index contributed by atoms with van der Waals surface area (Å²) in [6, 6.07) is 18.6. The molecule has 5 nitrogen and oxygen atoms in total. The third kappa shape index (κ3) is 4.52. The highest BCUT2D eigenvalue weighted by Gasteiger charge is 2.34. The summed E-state index contributed by atoms with van der Waals surface area (Å²) in [7, 11) is 1.68. The standard InChI is InChI=1S/C24H29N3O2/c1-29-22-9-7-19(8-10-22)15-24(18-28)11-13-27(14-12-24)17-21-16-25-26-23(21)20-5-3-2-4-6-20/h2-10,16,28H,11-15,17-18H2,1H3,(H,25,26). The molecule has 5 heteroatoms. The van der Waals surface area contributed by atoms with Crippen LogP contribution in [-0.4, -0.2) is 47.0 Å². The summed E-state index contributed by atoms with van der Waals surface area (Å²) in [4.78, 5) is 2.47. The third-order valence-electron chi connectivity index (χ3n) is 6.16. The van der Waals surface area contributed by atoms with E-state index < -0.39 is 0 Å². The number of ether oxygens (including phenoxy) is 1. The first-order valence-electron chi connectivity index (χ1n) is 10.3. The summed E-state index contributed by atoms with van der Waals surface area (Å²) in [5, 5.41) is 17.6. The van der Waals surface area contributed by atoms with Gasteiger partial charge in [-0.2, -0.15) is 5.10 Å². The molecule has 0 unspecified atom stereocenters. The smallest absolute Gasteiger partial charge is 0.118 e. The second-order valence-corrected chi connectivity index (χ2v) is 8.10. The number of methoxy groups -OCH3 is 1. The number of nitrogens with zero attached hydrogens (tertiary/aromatic N) is 2. The van der Waals surface area contributed by atoms with Crippen molar-refractivity contribution in [3.63, 3.8) is 0 Å². The number of hydrogen-bond donors (Lipinski definition) is 2. The molecule has 1 aromatic heterocycles. The van der Waals surface area contributed by atoms with Crippen molar-refractivity contribution in [3.8, 4) is 17.0 Å². The second kappa shape index (κ2) is 8.80. The van der Waals surface area contributed by atoms with E-state index in [2.05, 4.69) is 51.5 Å². The van der Waals surface area contributed by atoms with Crippen molar-refractivity contribution in [2.45, 2.75) is 25.8 Å². The molecule has 0 saturated carbocycles. The van der Waals surface area contributed by atoms with Crippen molar-refractivity contribution in [2.24, 2.45) is 5.41 Å². The third-order valence-corrected chi connectivity index (χ3v) is 6.16. The highest BCUT2D eigenvalue weighted by molar-refractivity contribution is 5.62. The lowest BCUT2D eigenvalue weighted by Gasteiger charge is -2.41. The maximum Gasteiger partial charge on any atom is 0.118 e. The Kier molecular flexibility index (Phi) is 5.97. The Morgan fingerprint density at radius 3 is 2.45 bits per heavy atom. The van der Waals surface area contributed by atoms with Crippen molar-refractivity contribution in [2.75, 3.05) is 26.8 Å². The zero-order chi connectivity index (χ0) is 20.1. The molecule has 0 radical (unpaired) electrons. The molecule has 2 heterocycles. The van der Waals surface area contributed by atoms with Gasteiger partial charge in [0, 0.05) is 18.7 Å². The van der Waals surface area contributed by atoms with E-state index in [1.165, 1.54) is 16.7 Å². The number of nitrogens with one attached hydrogen (secondary N) is 1. The molecule has 29 heavy (non-hydrogen) atoms. The van der Waals surface area contributed by atoms with Crippen molar-refractivity contribution in [1.82, 2.24) is 15.1 Å². The van der Waals surface area contributed by atoms with E-state index in [9.17, 15) is 5.11 Å². The number of likely N-dealkylation sites (tertiary alicyclic amines) is 1. The molecule has 4 rings (SSSR count). The van der Waals surface area contributed by atoms with Crippen LogP contribution in [0.5, 0.6) is 5.75 Å². The summed E-state index contributed by atoms with van der Waals surface area (Å²) in [6.45, 7) is 3.07. The summed E-state index contributed by atoms with van der Waals surface area (Å²) in [6.07, 6.45) is 4.83. The van der Waals surface area contributed by atoms with Gasteiger partial charge in [0.2, 0.25) is 0 Å². The van der Waals surface area contributed by atoms with Gasteiger partial charge >= 0.3 is 0 Å². The minimum absolute atomic E-state index is 0.0380. The molecule has 0 bridgehead atoms. The molecule has 152 valence electrons. The topological polar surface area (TPSA) is 61.4 Å². The maximum atomic E-state index is 10.2. The number of aliphatic hydroxyl groups excluding tert-OH is 1. The Labute approximate surface area is 172 Å². The minimum Gasteiger partial charge on any atom is -0.497 e. The van der Waals surface area contributed by atoms with Gasteiger partial charge in [0.25, 0.3) is 0 Å². The second-order valence-electron chi connectivity index (χ2n) is 8.10. The minimum atomic E-state index is -0.0380. The number of aliphatic hydroxyl groups is 1. The monoisotopic (exact) mass is 391 g/mol. The van der Waals surface area contributed by atoms with Crippen LogP contribution in [0.4, 0.5) is 0 Å². The number of aromatic nitrogens is 2. The Balaban J connectivity index is 1.39. The van der Waals surface area contributed by atoms with Crippen LogP contribution < -0.4 is 4.74 Å². The van der Waals surface area contributed by atoms with Gasteiger partial charge in [0.1, 0.15) is 5.75 Å². The molecular weight excluding hydrogens is 362 g/mol. The van der Waals surface area contributed by atoms with E-state index in [0.717, 1.165) is 50.3 Å². The lowest BCUT2D eigenvalue weighted by atomic mass is 9.74. The molecule has 0 spiro atoms. The lowest BCUT2D eigenvalue weighted by molar-refractivity contribution is 0.0414. The molecule has 2 aromatic carbocycles. The van der Waals surface area contributed by atoms with Crippen molar-refractivity contribution < 1.29 is 9.84 Å². The lowest BCUT2D eigenvalue weighted by Crippen LogP contribution is -2.42. The van der Waals surface area contributed by atoms with E-state index in [4.69, 9.17) is 4.74 Å². The molecule has 1 aliphatic heterocycles. The molecule has 0 amide bonds. The molecule has 3 aromatic rings. The maximum absolute atomic E-state index is 10.2. The normalized spacial score (nSPS) is 16.6. The summed E-state index contributed by atoms with van der Waals surface area (Å²) < 4.78 is 5.25. The van der Waals surface area contributed by atoms with Gasteiger partial charge in [0.05, 0.1) is 19.0 Å². The Morgan fingerprint density at radius 1 is 1.07 bits per heavy atom. The van der Waals surface area contributed by atoms with Crippen LogP contribution >= 0.6 is 0 Å². The van der Waals surface area contributed by atoms with E-state index in [0.29, 0.717) is 0 Å². The first-order valence-corrected chi connectivity index (χ1v) is 10.3. The average molecular weight is 392 g/mol. The van der Waals surface area contributed by atoms with Crippen LogP contribution in [0.2, 0.25) is 0 Å². The van der Waals surface area contributed by atoms with Crippen LogP contribution in [-0.2, 0) is 13.0 Å². The zero-order valence-corrected chi connectivity index (χ0v) is 17.0. The van der Waals surface area contributed by atoms with Crippen LogP contribution in [0.15, 0.2) is 60.8 Å². The summed E-state index contributed by atoms with van der Waals surface area (Å²) >= 11 is 0. The van der Waals surface area contributed by atoms with E-state index in [1.807, 2.05) is 24.4 Å². The Bertz CT molecular complexity index is 897. The fraction of sp³-hybridized carbons (Fsp3) is 0.375. The fourth-order valence-electron chi connectivity index (χ4n) is 4.28. The summed E-state index contributed by atoms with van der Waals surface area (Å²) in [5.41, 5.74) is 4.71. The molecule has 1 saturated heterocycles. The largest absolute Gasteiger partial charge is 0.497 e. The van der Waals surface area contributed by atoms with E-state index in [1.54, 1.807) is 7.11 Å². The van der Waals surface area contributed by atoms with Gasteiger partial charge in [-0.25, -0.2) is 0 Å². The van der Waals surface area contributed by atoms with Gasteiger partial charge in [-0.05, 0) is 61.0 Å². The zero-order valence-electron chi connectivity index (χ0n) is 17.0. The number of rotatable bonds is 7. The molecule has 0 atom stereocenters. The molecule has 1 fully saturated rings. The first-order chi connectivity index (χ1) is 14.2. The van der Waals surface area contributed by atoms with Gasteiger partial charge in [0.15, 0.2) is 0 Å². The van der Waals surface area contributed by atoms with Crippen molar-refractivity contribution in [3.05, 3.63) is 71.9 Å². The predicted molar refractivity (Wildman–Crippen MR) is 115 cm³/mol. The van der Waals surface area contributed by atoms with Crippen LogP contribution in [0.3, 0.4) is 0 Å². The first kappa shape index (κ1) is 19.7. The highest BCUT2D eigenvalue weighted by Crippen LogP contribution is 2.36. The SMILES string of the molecule is COc1ccc(CC2(CO)CCN(Cc3cn[nH]c3-c3ccccc3)CC2)cc1. The quantitative estimate of drug-likeness (QED) is 0.641. The Hall–Kier alpha value is -2.63. The van der Waals surface area contributed by atoms with Crippen LogP contribution in [0.25, 0.3) is 11.3 Å². The van der Waals surface area contributed by atoms with E-state index >= 15 is 0 Å². The van der Waals surface area contributed by atoms with Crippen LogP contribution in [0, 0.1) is 5.41 Å². The Morgan fingerprint density at radius 2 is 1.79 bits per heavy atom. The molecule has 0 aliphatic carbocycles. The number of H-pyrrole nitrogens is 1.